The first kappa shape index (κ1) is 20.4. The molecule has 0 radical (unpaired) electrons. The molecule has 22 heavy (non-hydrogen) atoms. The number of hydrogen-bond donors (Lipinski definition) is 1. The van der Waals surface area contributed by atoms with E-state index in [4.69, 9.17) is 0 Å². The lowest BCUT2D eigenvalue weighted by molar-refractivity contribution is -0.126. The maximum Gasteiger partial charge on any atom is 0.246 e. The molecule has 0 aromatic carbocycles. The molecule has 0 unspecified atom stereocenters. The molecular formula is C18H32N2O2. The van der Waals surface area contributed by atoms with Crippen LogP contribution in [0.25, 0.3) is 0 Å². The van der Waals surface area contributed by atoms with Crippen LogP contribution in [0.15, 0.2) is 24.3 Å². The van der Waals surface area contributed by atoms with Gasteiger partial charge in [-0.15, -0.1) is 0 Å². The van der Waals surface area contributed by atoms with Crippen molar-refractivity contribution >= 4 is 11.8 Å². The Morgan fingerprint density at radius 3 is 2.18 bits per heavy atom. The van der Waals surface area contributed by atoms with Crippen LogP contribution < -0.4 is 5.32 Å². The van der Waals surface area contributed by atoms with Crippen LogP contribution in [0.1, 0.15) is 48.0 Å². The normalized spacial score (nSPS) is 12.3. The highest BCUT2D eigenvalue weighted by Crippen LogP contribution is 2.20. The Morgan fingerprint density at radius 1 is 1.18 bits per heavy atom. The molecule has 0 heterocycles. The maximum atomic E-state index is 12.0. The summed E-state index contributed by atoms with van der Waals surface area (Å²) in [5.41, 5.74) is 0.486. The zero-order valence-electron chi connectivity index (χ0n) is 15.2. The van der Waals surface area contributed by atoms with Crippen molar-refractivity contribution in [2.75, 3.05) is 20.1 Å². The number of carbonyl (C=O) groups is 2. The molecule has 0 fully saturated rings. The van der Waals surface area contributed by atoms with Crippen molar-refractivity contribution in [2.45, 2.75) is 48.0 Å². The van der Waals surface area contributed by atoms with E-state index < -0.39 is 0 Å². The first-order valence-electron chi connectivity index (χ1n) is 7.69. The molecule has 1 N–H and O–H groups in total. The predicted molar refractivity (Wildman–Crippen MR) is 92.5 cm³/mol. The molecule has 0 aromatic heterocycles. The Labute approximate surface area is 135 Å². The first-order valence-corrected chi connectivity index (χ1v) is 7.69. The average Bonchev–Trinajstić information content (AvgIpc) is 2.33. The van der Waals surface area contributed by atoms with Crippen LogP contribution in [0.5, 0.6) is 0 Å². The fraction of sp³-hybridized carbons (Fsp3) is 0.667. The van der Waals surface area contributed by atoms with Gasteiger partial charge in [0.25, 0.3) is 0 Å². The van der Waals surface area contributed by atoms with E-state index in [1.165, 1.54) is 0 Å². The van der Waals surface area contributed by atoms with Gasteiger partial charge in [0.2, 0.25) is 11.8 Å². The van der Waals surface area contributed by atoms with Crippen molar-refractivity contribution in [1.29, 1.82) is 0 Å². The van der Waals surface area contributed by atoms with Gasteiger partial charge in [0.1, 0.15) is 0 Å². The van der Waals surface area contributed by atoms with Crippen LogP contribution in [-0.2, 0) is 9.59 Å². The van der Waals surface area contributed by atoms with Gasteiger partial charge in [-0.2, -0.15) is 0 Å². The van der Waals surface area contributed by atoms with Crippen LogP contribution in [0, 0.1) is 10.8 Å². The molecule has 4 nitrogen and oxygen atoms in total. The number of allylic oxidation sites excluding steroid dienone is 1. The Kier molecular flexibility index (Phi) is 7.57. The molecule has 126 valence electrons. The average molecular weight is 308 g/mol. The lowest BCUT2D eigenvalue weighted by atomic mass is 9.89. The molecule has 0 saturated heterocycles. The van der Waals surface area contributed by atoms with Crippen LogP contribution in [0.3, 0.4) is 0 Å². The van der Waals surface area contributed by atoms with Crippen molar-refractivity contribution in [3.8, 4) is 0 Å². The van der Waals surface area contributed by atoms with Crippen molar-refractivity contribution < 1.29 is 9.59 Å². The molecule has 0 atom stereocenters. The summed E-state index contributed by atoms with van der Waals surface area (Å²) < 4.78 is 0. The minimum atomic E-state index is -0.127. The van der Waals surface area contributed by atoms with Gasteiger partial charge >= 0.3 is 0 Å². The Hall–Kier alpha value is -1.58. The molecule has 0 aliphatic carbocycles. The Morgan fingerprint density at radius 2 is 1.73 bits per heavy atom. The number of amides is 2. The standard InChI is InChI=1S/C18H32N2O2/c1-14(2)16(22)19-12-18(6,7)11-9-10-15(21)20(8)13-17(3,4)5/h9-10H,1,11-13H2,2-8H3,(H,19,22)/b10-9-. The van der Waals surface area contributed by atoms with E-state index >= 15 is 0 Å². The number of nitrogens with one attached hydrogen (secondary N) is 1. The van der Waals surface area contributed by atoms with E-state index in [0.717, 1.165) is 6.42 Å². The lowest BCUT2D eigenvalue weighted by Gasteiger charge is -2.26. The molecular weight excluding hydrogens is 276 g/mol. The number of carbonyl (C=O) groups excluding carboxylic acids is 2. The quantitative estimate of drug-likeness (QED) is 0.735. The molecule has 0 saturated carbocycles. The SMILES string of the molecule is C=C(C)C(=O)NCC(C)(C)C/C=C\C(=O)N(C)CC(C)(C)C. The van der Waals surface area contributed by atoms with Crippen LogP contribution in [-0.4, -0.2) is 36.9 Å². The van der Waals surface area contributed by atoms with E-state index in [1.54, 1.807) is 17.9 Å². The minimum Gasteiger partial charge on any atom is -0.352 e. The molecule has 0 aromatic rings. The second-order valence-electron chi connectivity index (χ2n) is 7.99. The Bertz CT molecular complexity index is 442. The summed E-state index contributed by atoms with van der Waals surface area (Å²) >= 11 is 0. The summed E-state index contributed by atoms with van der Waals surface area (Å²) in [7, 11) is 1.82. The molecule has 0 spiro atoms. The van der Waals surface area contributed by atoms with Gasteiger partial charge in [0.05, 0.1) is 0 Å². The number of rotatable bonds is 7. The second-order valence-corrected chi connectivity index (χ2v) is 7.99. The van der Waals surface area contributed by atoms with Crippen molar-refractivity contribution in [1.82, 2.24) is 10.2 Å². The smallest absolute Gasteiger partial charge is 0.246 e. The summed E-state index contributed by atoms with van der Waals surface area (Å²) in [6.07, 6.45) is 4.22. The summed E-state index contributed by atoms with van der Waals surface area (Å²) in [5, 5.41) is 2.85. The fourth-order valence-corrected chi connectivity index (χ4v) is 1.94. The molecule has 2 amide bonds. The van der Waals surface area contributed by atoms with E-state index in [1.807, 2.05) is 13.1 Å². The van der Waals surface area contributed by atoms with Crippen molar-refractivity contribution in [3.05, 3.63) is 24.3 Å². The van der Waals surface area contributed by atoms with Gasteiger partial charge < -0.3 is 10.2 Å². The van der Waals surface area contributed by atoms with E-state index in [-0.39, 0.29) is 22.6 Å². The second kappa shape index (κ2) is 8.16. The summed E-state index contributed by atoms with van der Waals surface area (Å²) in [6, 6.07) is 0. The van der Waals surface area contributed by atoms with Gasteiger partial charge in [0.15, 0.2) is 0 Å². The molecule has 0 bridgehead atoms. The summed E-state index contributed by atoms with van der Waals surface area (Å²) in [5.74, 6) is -0.116. The lowest BCUT2D eigenvalue weighted by Crippen LogP contribution is -2.34. The van der Waals surface area contributed by atoms with Gasteiger partial charge in [-0.3, -0.25) is 9.59 Å². The van der Waals surface area contributed by atoms with E-state index in [0.29, 0.717) is 18.7 Å². The van der Waals surface area contributed by atoms with Crippen LogP contribution in [0.2, 0.25) is 0 Å². The third-order valence-corrected chi connectivity index (χ3v) is 3.13. The Balaban J connectivity index is 4.37. The topological polar surface area (TPSA) is 49.4 Å². The van der Waals surface area contributed by atoms with E-state index in [2.05, 4.69) is 46.5 Å². The predicted octanol–water partition coefficient (Wildman–Crippen LogP) is 3.16. The summed E-state index contributed by atoms with van der Waals surface area (Å²) in [4.78, 5) is 25.3. The maximum absolute atomic E-state index is 12.0. The zero-order valence-corrected chi connectivity index (χ0v) is 15.2. The first-order chi connectivity index (χ1) is 9.84. The van der Waals surface area contributed by atoms with Gasteiger partial charge in [-0.25, -0.2) is 0 Å². The third-order valence-electron chi connectivity index (χ3n) is 3.13. The van der Waals surface area contributed by atoms with Gasteiger partial charge in [-0.1, -0.05) is 47.3 Å². The highest BCUT2D eigenvalue weighted by Gasteiger charge is 2.19. The van der Waals surface area contributed by atoms with Crippen LogP contribution >= 0.6 is 0 Å². The molecule has 0 aliphatic heterocycles. The monoisotopic (exact) mass is 308 g/mol. The summed E-state index contributed by atoms with van der Waals surface area (Å²) in [6.45, 7) is 17.0. The van der Waals surface area contributed by atoms with Crippen molar-refractivity contribution in [3.63, 3.8) is 0 Å². The van der Waals surface area contributed by atoms with Crippen molar-refractivity contribution in [2.24, 2.45) is 10.8 Å². The van der Waals surface area contributed by atoms with E-state index in [9.17, 15) is 9.59 Å². The van der Waals surface area contributed by atoms with Crippen LogP contribution in [0.4, 0.5) is 0 Å². The molecule has 0 rings (SSSR count). The van der Waals surface area contributed by atoms with Gasteiger partial charge in [-0.05, 0) is 30.3 Å². The molecule has 0 aliphatic rings. The molecule has 4 heteroatoms. The largest absolute Gasteiger partial charge is 0.352 e. The highest BCUT2D eigenvalue weighted by atomic mass is 16.2. The van der Waals surface area contributed by atoms with Gasteiger partial charge in [0, 0.05) is 25.7 Å². The number of nitrogens with zero attached hydrogens (tertiary/aromatic N) is 1. The zero-order chi connectivity index (χ0) is 17.6. The highest BCUT2D eigenvalue weighted by molar-refractivity contribution is 5.92. The minimum absolute atomic E-state index is 0.0108. The fourth-order valence-electron chi connectivity index (χ4n) is 1.94. The third kappa shape index (κ3) is 9.37. The number of hydrogen-bond acceptors (Lipinski definition) is 2. The number of likely N-dealkylation sites (N-methyl/N-ethyl adjacent to an activating group) is 1.